The monoisotopic (exact) mass is 280 g/mol. The number of rotatable bonds is 4. The summed E-state index contributed by atoms with van der Waals surface area (Å²) in [5.41, 5.74) is 0.962. The Balaban J connectivity index is 2.12. The first-order valence-electron chi connectivity index (χ1n) is 5.59. The Morgan fingerprint density at radius 1 is 1.16 bits per heavy atom. The Kier molecular flexibility index (Phi) is 4.42. The number of para-hydroxylation sites is 1. The molecular formula is C13H11BClFO3. The van der Waals surface area contributed by atoms with Crippen LogP contribution in [0.15, 0.2) is 42.5 Å². The fourth-order valence-electron chi connectivity index (χ4n) is 1.62. The molecule has 3 nitrogen and oxygen atoms in total. The number of benzene rings is 2. The van der Waals surface area contributed by atoms with Crippen LogP contribution in [-0.4, -0.2) is 17.2 Å². The third-order valence-electron chi connectivity index (χ3n) is 2.58. The number of hydrogen-bond donors (Lipinski definition) is 2. The molecule has 0 aliphatic rings. The van der Waals surface area contributed by atoms with Gasteiger partial charge in [0, 0.05) is 5.46 Å². The molecule has 0 bridgehead atoms. The zero-order chi connectivity index (χ0) is 13.8. The lowest BCUT2D eigenvalue weighted by Gasteiger charge is -2.11. The predicted octanol–water partition coefficient (Wildman–Crippen LogP) is 1.74. The van der Waals surface area contributed by atoms with E-state index >= 15 is 0 Å². The van der Waals surface area contributed by atoms with Gasteiger partial charge in [-0.15, -0.1) is 0 Å². The van der Waals surface area contributed by atoms with Crippen molar-refractivity contribution in [2.45, 2.75) is 6.61 Å². The zero-order valence-corrected chi connectivity index (χ0v) is 10.6. The fourth-order valence-corrected chi connectivity index (χ4v) is 1.82. The standard InChI is InChI=1S/C13H11BClFO3/c15-11-7-9(5-6-12(11)16)8-19-13-4-2-1-3-10(13)14(17)18/h1-7,17-18H,8H2. The lowest BCUT2D eigenvalue weighted by molar-refractivity contribution is 0.306. The molecule has 0 saturated heterocycles. The quantitative estimate of drug-likeness (QED) is 0.839. The Morgan fingerprint density at radius 2 is 1.89 bits per heavy atom. The lowest BCUT2D eigenvalue weighted by atomic mass is 9.79. The van der Waals surface area contributed by atoms with Gasteiger partial charge in [-0.3, -0.25) is 0 Å². The van der Waals surface area contributed by atoms with Crippen LogP contribution in [0.2, 0.25) is 5.02 Å². The molecule has 0 aliphatic carbocycles. The Morgan fingerprint density at radius 3 is 2.58 bits per heavy atom. The third-order valence-corrected chi connectivity index (χ3v) is 2.87. The van der Waals surface area contributed by atoms with Gasteiger partial charge in [0.15, 0.2) is 0 Å². The van der Waals surface area contributed by atoms with Crippen molar-refractivity contribution < 1.29 is 19.2 Å². The maximum Gasteiger partial charge on any atom is 0.492 e. The molecule has 6 heteroatoms. The molecule has 0 heterocycles. The van der Waals surface area contributed by atoms with Crippen LogP contribution in [0.5, 0.6) is 5.75 Å². The summed E-state index contributed by atoms with van der Waals surface area (Å²) in [5.74, 6) is -0.130. The van der Waals surface area contributed by atoms with Crippen LogP contribution in [0, 0.1) is 5.82 Å². The van der Waals surface area contributed by atoms with Gasteiger partial charge < -0.3 is 14.8 Å². The van der Waals surface area contributed by atoms with Gasteiger partial charge in [-0.1, -0.05) is 35.9 Å². The Bertz CT molecular complexity index is 578. The van der Waals surface area contributed by atoms with E-state index in [1.165, 1.54) is 12.1 Å². The minimum absolute atomic E-state index is 0.0246. The van der Waals surface area contributed by atoms with Crippen LogP contribution in [0.25, 0.3) is 0 Å². The Hall–Kier alpha value is -1.56. The van der Waals surface area contributed by atoms with Crippen LogP contribution < -0.4 is 10.2 Å². The molecule has 0 spiro atoms. The highest BCUT2D eigenvalue weighted by Crippen LogP contribution is 2.17. The fraction of sp³-hybridized carbons (Fsp3) is 0.0769. The largest absolute Gasteiger partial charge is 0.492 e. The minimum atomic E-state index is -1.60. The molecule has 0 radical (unpaired) electrons. The average Bonchev–Trinajstić information content (AvgIpc) is 2.40. The van der Waals surface area contributed by atoms with E-state index in [-0.39, 0.29) is 17.1 Å². The van der Waals surface area contributed by atoms with Gasteiger partial charge in [0.25, 0.3) is 0 Å². The van der Waals surface area contributed by atoms with Crippen LogP contribution in [-0.2, 0) is 6.61 Å². The van der Waals surface area contributed by atoms with Crippen molar-refractivity contribution >= 4 is 24.2 Å². The van der Waals surface area contributed by atoms with Gasteiger partial charge in [0.1, 0.15) is 18.2 Å². The normalized spacial score (nSPS) is 10.3. The second-order valence-electron chi connectivity index (χ2n) is 3.95. The minimum Gasteiger partial charge on any atom is -0.489 e. The van der Waals surface area contributed by atoms with Gasteiger partial charge >= 0.3 is 7.12 Å². The smallest absolute Gasteiger partial charge is 0.489 e. The highest BCUT2D eigenvalue weighted by molar-refractivity contribution is 6.59. The highest BCUT2D eigenvalue weighted by Gasteiger charge is 2.16. The SMILES string of the molecule is OB(O)c1ccccc1OCc1ccc(F)c(Cl)c1. The van der Waals surface area contributed by atoms with E-state index in [1.54, 1.807) is 30.3 Å². The summed E-state index contributed by atoms with van der Waals surface area (Å²) in [6, 6.07) is 10.9. The molecule has 0 aliphatic heterocycles. The zero-order valence-electron chi connectivity index (χ0n) is 9.88. The van der Waals surface area contributed by atoms with Gasteiger partial charge in [-0.05, 0) is 23.8 Å². The van der Waals surface area contributed by atoms with E-state index in [9.17, 15) is 14.4 Å². The molecule has 0 fully saturated rings. The van der Waals surface area contributed by atoms with Gasteiger partial charge in [-0.25, -0.2) is 4.39 Å². The second-order valence-corrected chi connectivity index (χ2v) is 4.36. The highest BCUT2D eigenvalue weighted by atomic mass is 35.5. The van der Waals surface area contributed by atoms with Crippen molar-refractivity contribution in [2.24, 2.45) is 0 Å². The molecule has 19 heavy (non-hydrogen) atoms. The van der Waals surface area contributed by atoms with Crippen molar-refractivity contribution in [3.05, 3.63) is 58.9 Å². The van der Waals surface area contributed by atoms with E-state index in [0.717, 1.165) is 0 Å². The molecule has 0 aromatic heterocycles. The second kappa shape index (κ2) is 6.06. The van der Waals surface area contributed by atoms with Crippen LogP contribution >= 0.6 is 11.6 Å². The molecule has 0 saturated carbocycles. The average molecular weight is 280 g/mol. The number of halogens is 2. The predicted molar refractivity (Wildman–Crippen MR) is 72.0 cm³/mol. The summed E-state index contributed by atoms with van der Waals surface area (Å²) >= 11 is 5.67. The molecule has 0 unspecified atom stereocenters. The van der Waals surface area contributed by atoms with Gasteiger partial charge in [0.05, 0.1) is 5.02 Å². The first-order chi connectivity index (χ1) is 9.08. The molecule has 2 N–H and O–H groups in total. The van der Waals surface area contributed by atoms with Gasteiger partial charge in [0.2, 0.25) is 0 Å². The summed E-state index contributed by atoms with van der Waals surface area (Å²) in [6.07, 6.45) is 0. The maximum atomic E-state index is 13.0. The molecule has 2 aromatic carbocycles. The first-order valence-corrected chi connectivity index (χ1v) is 5.97. The van der Waals surface area contributed by atoms with E-state index in [4.69, 9.17) is 16.3 Å². The van der Waals surface area contributed by atoms with Crippen molar-refractivity contribution in [3.63, 3.8) is 0 Å². The first kappa shape index (κ1) is 13.9. The summed E-state index contributed by atoms with van der Waals surface area (Å²) < 4.78 is 18.5. The molecule has 2 rings (SSSR count). The Labute approximate surface area is 115 Å². The number of ether oxygens (including phenoxy) is 1. The van der Waals surface area contributed by atoms with Crippen molar-refractivity contribution in [1.29, 1.82) is 0 Å². The van der Waals surface area contributed by atoms with E-state index in [2.05, 4.69) is 0 Å². The van der Waals surface area contributed by atoms with E-state index in [1.807, 2.05) is 0 Å². The summed E-state index contributed by atoms with van der Waals surface area (Å²) in [5, 5.41) is 18.4. The lowest BCUT2D eigenvalue weighted by Crippen LogP contribution is -2.31. The molecule has 2 aromatic rings. The van der Waals surface area contributed by atoms with Crippen molar-refractivity contribution in [3.8, 4) is 5.75 Å². The van der Waals surface area contributed by atoms with Crippen LogP contribution in [0.1, 0.15) is 5.56 Å². The third kappa shape index (κ3) is 3.47. The summed E-state index contributed by atoms with van der Waals surface area (Å²) in [4.78, 5) is 0. The van der Waals surface area contributed by atoms with Crippen molar-refractivity contribution in [1.82, 2.24) is 0 Å². The van der Waals surface area contributed by atoms with Crippen molar-refractivity contribution in [2.75, 3.05) is 0 Å². The van der Waals surface area contributed by atoms with Crippen LogP contribution in [0.3, 0.4) is 0 Å². The maximum absolute atomic E-state index is 13.0. The summed E-state index contributed by atoms with van der Waals surface area (Å²) in [7, 11) is -1.60. The molecule has 0 amide bonds. The van der Waals surface area contributed by atoms with E-state index < -0.39 is 12.9 Å². The molecular weight excluding hydrogens is 269 g/mol. The topological polar surface area (TPSA) is 49.7 Å². The molecule has 98 valence electrons. The molecule has 0 atom stereocenters. The van der Waals surface area contributed by atoms with E-state index in [0.29, 0.717) is 11.3 Å². The van der Waals surface area contributed by atoms with Gasteiger partial charge in [-0.2, -0.15) is 0 Å². The number of hydrogen-bond acceptors (Lipinski definition) is 3. The van der Waals surface area contributed by atoms with Crippen LogP contribution in [0.4, 0.5) is 4.39 Å². The summed E-state index contributed by atoms with van der Waals surface area (Å²) in [6.45, 7) is 0.156.